The van der Waals surface area contributed by atoms with Crippen molar-refractivity contribution < 1.29 is 24.2 Å². The smallest absolute Gasteiger partial charge is 0.407 e. The first-order valence-corrected chi connectivity index (χ1v) is 10.9. The molecular weight excluding hydrogens is 420 g/mol. The predicted molar refractivity (Wildman–Crippen MR) is 124 cm³/mol. The summed E-state index contributed by atoms with van der Waals surface area (Å²) < 4.78 is 5.52. The van der Waals surface area contributed by atoms with Crippen molar-refractivity contribution in [2.75, 3.05) is 6.61 Å². The van der Waals surface area contributed by atoms with Crippen LogP contribution in [-0.2, 0) is 14.3 Å². The van der Waals surface area contributed by atoms with Crippen LogP contribution in [0.15, 0.2) is 48.5 Å². The first kappa shape index (κ1) is 23.9. The van der Waals surface area contributed by atoms with Gasteiger partial charge in [-0.3, -0.25) is 4.79 Å². The molecule has 1 aliphatic carbocycles. The molecule has 7 heteroatoms. The molecule has 1 aliphatic rings. The van der Waals surface area contributed by atoms with E-state index in [9.17, 15) is 19.5 Å². The predicted octanol–water partition coefficient (Wildman–Crippen LogP) is 3.53. The Labute approximate surface area is 193 Å². The lowest BCUT2D eigenvalue weighted by molar-refractivity contribution is -0.142. The second kappa shape index (κ2) is 10.7. The normalized spacial score (nSPS) is 13.7. The van der Waals surface area contributed by atoms with E-state index in [0.717, 1.165) is 22.3 Å². The number of carboxylic acid groups (broad SMARTS) is 1. The van der Waals surface area contributed by atoms with E-state index in [0.29, 0.717) is 0 Å². The number of hydrogen-bond donors (Lipinski definition) is 3. The monoisotopic (exact) mass is 448 g/mol. The van der Waals surface area contributed by atoms with Gasteiger partial charge in [0.05, 0.1) is 0 Å². The fourth-order valence-corrected chi connectivity index (χ4v) is 3.97. The summed E-state index contributed by atoms with van der Waals surface area (Å²) in [4.78, 5) is 36.7. The van der Waals surface area contributed by atoms with Gasteiger partial charge in [0.2, 0.25) is 5.91 Å². The molecule has 0 spiro atoms. The highest BCUT2D eigenvalue weighted by Crippen LogP contribution is 2.44. The highest BCUT2D eigenvalue weighted by atomic mass is 16.5. The van der Waals surface area contributed by atoms with E-state index >= 15 is 0 Å². The van der Waals surface area contributed by atoms with E-state index in [2.05, 4.69) is 34.6 Å². The molecule has 33 heavy (non-hydrogen) atoms. The number of rotatable bonds is 8. The number of nitrogens with one attached hydrogen (secondary N) is 2. The van der Waals surface area contributed by atoms with E-state index in [4.69, 9.17) is 4.74 Å². The highest BCUT2D eigenvalue weighted by molar-refractivity contribution is 5.89. The van der Waals surface area contributed by atoms with E-state index in [1.807, 2.05) is 36.4 Å². The topological polar surface area (TPSA) is 105 Å². The third-order valence-electron chi connectivity index (χ3n) is 5.66. The van der Waals surface area contributed by atoms with Crippen LogP contribution in [0, 0.1) is 17.8 Å². The molecule has 0 aliphatic heterocycles. The maximum absolute atomic E-state index is 12.7. The third-order valence-corrected chi connectivity index (χ3v) is 5.66. The quantitative estimate of drug-likeness (QED) is 0.536. The van der Waals surface area contributed by atoms with E-state index in [-0.39, 0.29) is 24.9 Å². The number of carboxylic acids is 1. The Morgan fingerprint density at radius 2 is 1.58 bits per heavy atom. The number of carbonyl (C=O) groups is 3. The van der Waals surface area contributed by atoms with Crippen molar-refractivity contribution in [2.45, 2.75) is 45.2 Å². The van der Waals surface area contributed by atoms with Crippen LogP contribution in [0.2, 0.25) is 0 Å². The van der Waals surface area contributed by atoms with Gasteiger partial charge in [-0.2, -0.15) is 0 Å². The van der Waals surface area contributed by atoms with Crippen LogP contribution in [0.3, 0.4) is 0 Å². The standard InChI is InChI=1S/C26H28N2O5/c1-4-5-14-22(25(30)31)27-24(29)23(16(2)3)28-26(32)33-15-21-19-12-8-6-10-17(19)18-11-7-9-13-20(18)21/h6-13,16,21-23H,14-15H2,1-3H3,(H,27,29)(H,28,32)(H,30,31). The molecule has 2 amide bonds. The molecule has 172 valence electrons. The molecule has 0 aromatic heterocycles. The number of hydrogen-bond acceptors (Lipinski definition) is 4. The number of carbonyl (C=O) groups excluding carboxylic acids is 2. The lowest BCUT2D eigenvalue weighted by atomic mass is 9.98. The second-order valence-corrected chi connectivity index (χ2v) is 8.22. The number of aliphatic carboxylic acids is 1. The Morgan fingerprint density at radius 1 is 1.00 bits per heavy atom. The molecule has 0 heterocycles. The summed E-state index contributed by atoms with van der Waals surface area (Å²) in [6, 6.07) is 13.9. The molecular formula is C26H28N2O5. The van der Waals surface area contributed by atoms with E-state index < -0.39 is 30.1 Å². The third kappa shape index (κ3) is 5.53. The number of benzene rings is 2. The molecule has 2 aromatic carbocycles. The summed E-state index contributed by atoms with van der Waals surface area (Å²) in [6.45, 7) is 5.23. The largest absolute Gasteiger partial charge is 0.480 e. The van der Waals surface area contributed by atoms with Crippen LogP contribution >= 0.6 is 0 Å². The summed E-state index contributed by atoms with van der Waals surface area (Å²) in [5.41, 5.74) is 4.42. The van der Waals surface area contributed by atoms with Gasteiger partial charge in [-0.1, -0.05) is 62.4 Å². The number of fused-ring (bicyclic) bond motifs is 3. The first-order chi connectivity index (χ1) is 15.8. The molecule has 0 saturated heterocycles. The van der Waals surface area contributed by atoms with Gasteiger partial charge in [-0.25, -0.2) is 9.59 Å². The molecule has 0 radical (unpaired) electrons. The molecule has 3 rings (SSSR count). The fraction of sp³-hybridized carbons (Fsp3) is 0.346. The zero-order valence-electron chi connectivity index (χ0n) is 18.9. The van der Waals surface area contributed by atoms with Gasteiger partial charge >= 0.3 is 12.1 Å². The number of ether oxygens (including phenoxy) is 1. The molecule has 3 N–H and O–H groups in total. The van der Waals surface area contributed by atoms with Gasteiger partial charge in [0.25, 0.3) is 0 Å². The van der Waals surface area contributed by atoms with Crippen LogP contribution in [0.25, 0.3) is 11.1 Å². The van der Waals surface area contributed by atoms with Gasteiger partial charge < -0.3 is 20.5 Å². The minimum atomic E-state index is -1.19. The Hall–Kier alpha value is -3.79. The number of alkyl carbamates (subject to hydrolysis) is 1. The van der Waals surface area contributed by atoms with Gasteiger partial charge in [-0.05, 0) is 35.1 Å². The summed E-state index contributed by atoms with van der Waals surface area (Å²) >= 11 is 0. The zero-order chi connectivity index (χ0) is 24.0. The summed E-state index contributed by atoms with van der Waals surface area (Å²) in [7, 11) is 0. The van der Waals surface area contributed by atoms with Crippen molar-refractivity contribution >= 4 is 18.0 Å². The molecule has 0 saturated carbocycles. The van der Waals surface area contributed by atoms with Gasteiger partial charge in [0, 0.05) is 12.3 Å². The summed E-state index contributed by atoms with van der Waals surface area (Å²) in [5.74, 6) is 3.11. The lowest BCUT2D eigenvalue weighted by Crippen LogP contribution is -2.53. The van der Waals surface area contributed by atoms with Crippen LogP contribution in [0.5, 0.6) is 0 Å². The molecule has 2 aromatic rings. The Kier molecular flexibility index (Phi) is 7.73. The molecule has 2 atom stereocenters. The van der Waals surface area contributed by atoms with Crippen molar-refractivity contribution in [2.24, 2.45) is 5.92 Å². The van der Waals surface area contributed by atoms with Crippen LogP contribution in [0.1, 0.15) is 44.2 Å². The van der Waals surface area contributed by atoms with Crippen LogP contribution in [0.4, 0.5) is 4.79 Å². The summed E-state index contributed by atoms with van der Waals surface area (Å²) in [5, 5.41) is 14.4. The minimum absolute atomic E-state index is 0.0205. The maximum Gasteiger partial charge on any atom is 0.407 e. The summed E-state index contributed by atoms with van der Waals surface area (Å²) in [6.07, 6.45) is -0.751. The first-order valence-electron chi connectivity index (χ1n) is 10.9. The Balaban J connectivity index is 1.65. The van der Waals surface area contributed by atoms with Crippen molar-refractivity contribution in [3.05, 3.63) is 59.7 Å². The average Bonchev–Trinajstić information content (AvgIpc) is 3.12. The van der Waals surface area contributed by atoms with E-state index in [1.165, 1.54) is 0 Å². The Morgan fingerprint density at radius 3 is 2.09 bits per heavy atom. The van der Waals surface area contributed by atoms with Crippen molar-refractivity contribution in [1.82, 2.24) is 10.6 Å². The van der Waals surface area contributed by atoms with Crippen LogP contribution in [-0.4, -0.2) is 41.8 Å². The molecule has 0 bridgehead atoms. The minimum Gasteiger partial charge on any atom is -0.480 e. The highest BCUT2D eigenvalue weighted by Gasteiger charge is 2.31. The lowest BCUT2D eigenvalue weighted by Gasteiger charge is -2.23. The van der Waals surface area contributed by atoms with Gasteiger partial charge in [0.15, 0.2) is 0 Å². The second-order valence-electron chi connectivity index (χ2n) is 8.22. The molecule has 2 unspecified atom stereocenters. The van der Waals surface area contributed by atoms with Gasteiger partial charge in [0.1, 0.15) is 18.7 Å². The zero-order valence-corrected chi connectivity index (χ0v) is 18.9. The molecule has 7 nitrogen and oxygen atoms in total. The van der Waals surface area contributed by atoms with Crippen LogP contribution < -0.4 is 10.6 Å². The van der Waals surface area contributed by atoms with Crippen molar-refractivity contribution in [3.63, 3.8) is 0 Å². The molecule has 0 fully saturated rings. The SMILES string of the molecule is CC#CCC(NC(=O)C(NC(=O)OCC1c2ccccc2-c2ccccc21)C(C)C)C(=O)O. The maximum atomic E-state index is 12.7. The Bertz CT molecular complexity index is 1050. The fourth-order valence-electron chi connectivity index (χ4n) is 3.97. The van der Waals surface area contributed by atoms with Gasteiger partial charge in [-0.15, -0.1) is 11.8 Å². The average molecular weight is 449 g/mol. The van der Waals surface area contributed by atoms with E-state index in [1.54, 1.807) is 20.8 Å². The van der Waals surface area contributed by atoms with Crippen molar-refractivity contribution in [1.29, 1.82) is 0 Å². The number of amides is 2. The van der Waals surface area contributed by atoms with Crippen molar-refractivity contribution in [3.8, 4) is 23.0 Å².